The van der Waals surface area contributed by atoms with Crippen LogP contribution in [0.3, 0.4) is 0 Å². The number of aliphatic carboxylic acids is 1. The van der Waals surface area contributed by atoms with E-state index >= 15 is 0 Å². The predicted molar refractivity (Wildman–Crippen MR) is 126 cm³/mol. The molecule has 38 heavy (non-hydrogen) atoms. The number of carbonyl (C=O) groups is 5. The zero-order valence-electron chi connectivity index (χ0n) is 20.6. The molecule has 4 aliphatic rings. The van der Waals surface area contributed by atoms with E-state index in [9.17, 15) is 32.3 Å². The van der Waals surface area contributed by atoms with Crippen LogP contribution in [0.25, 0.3) is 0 Å². The third kappa shape index (κ3) is 5.82. The van der Waals surface area contributed by atoms with E-state index < -0.39 is 24.1 Å². The van der Waals surface area contributed by atoms with Gasteiger partial charge in [-0.25, -0.2) is 4.79 Å². The molecule has 206 valence electrons. The molecule has 0 saturated carbocycles. The van der Waals surface area contributed by atoms with Crippen molar-refractivity contribution in [1.82, 2.24) is 20.4 Å². The van der Waals surface area contributed by atoms with Gasteiger partial charge in [-0.2, -0.15) is 13.2 Å². The molecule has 0 radical (unpaired) electrons. The summed E-state index contributed by atoms with van der Waals surface area (Å²) in [5.41, 5.74) is 1.93. The van der Waals surface area contributed by atoms with Crippen LogP contribution < -0.4 is 10.6 Å². The van der Waals surface area contributed by atoms with Crippen LogP contribution in [-0.4, -0.2) is 81.9 Å². The lowest BCUT2D eigenvalue weighted by atomic mass is 9.81. The van der Waals surface area contributed by atoms with Crippen LogP contribution in [0, 0.1) is 0 Å². The molecule has 1 aromatic carbocycles. The number of fused-ring (bicyclic) bond motifs is 1. The molecule has 1 aromatic rings. The summed E-state index contributed by atoms with van der Waals surface area (Å²) in [6.07, 6.45) is 1.08. The summed E-state index contributed by atoms with van der Waals surface area (Å²) in [5.74, 6) is -3.70. The Morgan fingerprint density at radius 1 is 1.08 bits per heavy atom. The topological polar surface area (TPSA) is 136 Å². The summed E-state index contributed by atoms with van der Waals surface area (Å²) in [7, 11) is 0. The van der Waals surface area contributed by atoms with E-state index in [0.29, 0.717) is 17.5 Å². The molecule has 0 bridgehead atoms. The molecule has 4 aliphatic heterocycles. The minimum absolute atomic E-state index is 0.00107. The quantitative estimate of drug-likeness (QED) is 0.489. The van der Waals surface area contributed by atoms with Gasteiger partial charge in [-0.05, 0) is 62.4 Å². The van der Waals surface area contributed by atoms with Crippen molar-refractivity contribution in [3.8, 4) is 0 Å². The van der Waals surface area contributed by atoms with Crippen molar-refractivity contribution in [2.24, 2.45) is 0 Å². The molecule has 2 atom stereocenters. The molecule has 3 fully saturated rings. The highest BCUT2D eigenvalue weighted by Crippen LogP contribution is 2.32. The van der Waals surface area contributed by atoms with Gasteiger partial charge in [-0.15, -0.1) is 0 Å². The van der Waals surface area contributed by atoms with Crippen LogP contribution >= 0.6 is 0 Å². The summed E-state index contributed by atoms with van der Waals surface area (Å²) in [6, 6.07) is 4.59. The Morgan fingerprint density at radius 2 is 1.79 bits per heavy atom. The number of imide groups is 1. The molecule has 2 unspecified atom stereocenters. The molecular weight excluding hydrogens is 509 g/mol. The van der Waals surface area contributed by atoms with Gasteiger partial charge in [-0.3, -0.25) is 24.5 Å². The maximum atomic E-state index is 13.3. The van der Waals surface area contributed by atoms with Gasteiger partial charge in [0, 0.05) is 42.7 Å². The first-order valence-electron chi connectivity index (χ1n) is 12.5. The number of carboxylic acids is 1. The predicted octanol–water partition coefficient (Wildman–Crippen LogP) is 1.83. The summed E-state index contributed by atoms with van der Waals surface area (Å²) in [6.45, 7) is 2.77. The Morgan fingerprint density at radius 3 is 2.42 bits per heavy atom. The van der Waals surface area contributed by atoms with Gasteiger partial charge in [0.25, 0.3) is 11.8 Å². The van der Waals surface area contributed by atoms with Gasteiger partial charge < -0.3 is 20.2 Å². The number of carboxylic acid groups (broad SMARTS) is 1. The lowest BCUT2D eigenvalue weighted by Crippen LogP contribution is -2.59. The highest BCUT2D eigenvalue weighted by molar-refractivity contribution is 6.06. The molecule has 13 heteroatoms. The number of alkyl halides is 3. The summed E-state index contributed by atoms with van der Waals surface area (Å²) in [5, 5.41) is 13.1. The fourth-order valence-corrected chi connectivity index (χ4v) is 5.57. The van der Waals surface area contributed by atoms with Gasteiger partial charge in [0.15, 0.2) is 0 Å². The van der Waals surface area contributed by atoms with E-state index in [0.717, 1.165) is 44.5 Å². The fraction of sp³-hybridized carbons (Fsp3) is 0.560. The van der Waals surface area contributed by atoms with Crippen molar-refractivity contribution in [3.63, 3.8) is 0 Å². The molecule has 4 amide bonds. The zero-order valence-corrected chi connectivity index (χ0v) is 20.6. The van der Waals surface area contributed by atoms with Gasteiger partial charge in [0.1, 0.15) is 6.04 Å². The van der Waals surface area contributed by atoms with Crippen LogP contribution in [0.1, 0.15) is 71.2 Å². The standard InChI is InChI=1S/C23H28N4O4.C2HF3O2/c28-19-7-6-18(20(29)25-19)27-13-16-12-15(4-5-17(16)22(27)31)21(30)26-11-3-9-23(14-26)8-1-2-10-24-23;3-2(4,5)1(6)7/h4-5,12,18,24H,1-3,6-11,13-14H2,(H,25,28,29);(H,6,7). The van der Waals surface area contributed by atoms with Crippen molar-refractivity contribution in [2.75, 3.05) is 19.6 Å². The molecular formula is C25H29F3N4O6. The van der Waals surface area contributed by atoms with E-state index in [4.69, 9.17) is 9.90 Å². The normalized spacial score (nSPS) is 25.4. The SMILES string of the molecule is O=C(O)C(F)(F)F.O=C1CCC(N2Cc3cc(C(=O)N4CCCC5(CCCCN5)C4)ccc3C2=O)C(=O)N1. The van der Waals surface area contributed by atoms with E-state index in [-0.39, 0.29) is 36.2 Å². The van der Waals surface area contributed by atoms with Crippen LogP contribution in [-0.2, 0) is 20.9 Å². The molecule has 5 rings (SSSR count). The maximum absolute atomic E-state index is 13.3. The first kappa shape index (κ1) is 27.6. The van der Waals surface area contributed by atoms with Crippen molar-refractivity contribution in [3.05, 3.63) is 34.9 Å². The fourth-order valence-electron chi connectivity index (χ4n) is 5.57. The minimum Gasteiger partial charge on any atom is -0.475 e. The van der Waals surface area contributed by atoms with E-state index in [1.165, 1.54) is 17.7 Å². The lowest BCUT2D eigenvalue weighted by Gasteiger charge is -2.46. The van der Waals surface area contributed by atoms with Crippen LogP contribution in [0.15, 0.2) is 18.2 Å². The zero-order chi connectivity index (χ0) is 27.7. The second-order valence-electron chi connectivity index (χ2n) is 10.1. The Bertz CT molecular complexity index is 1140. The van der Waals surface area contributed by atoms with Crippen LogP contribution in [0.2, 0.25) is 0 Å². The Labute approximate surface area is 216 Å². The number of nitrogens with zero attached hydrogens (tertiary/aromatic N) is 2. The second kappa shape index (κ2) is 10.7. The Hall–Kier alpha value is -3.48. The summed E-state index contributed by atoms with van der Waals surface area (Å²) >= 11 is 0. The maximum Gasteiger partial charge on any atom is 0.490 e. The average molecular weight is 539 g/mol. The van der Waals surface area contributed by atoms with Gasteiger partial charge in [0.2, 0.25) is 11.8 Å². The number of amides is 4. The smallest absolute Gasteiger partial charge is 0.475 e. The number of piperidine rings is 3. The number of carbonyl (C=O) groups excluding carboxylic acids is 4. The van der Waals surface area contributed by atoms with Crippen molar-refractivity contribution in [2.45, 2.75) is 69.2 Å². The molecule has 4 heterocycles. The Kier molecular flexibility index (Phi) is 7.77. The number of rotatable bonds is 2. The molecule has 0 aliphatic carbocycles. The number of benzene rings is 1. The molecule has 1 spiro atoms. The number of hydrogen-bond acceptors (Lipinski definition) is 6. The van der Waals surface area contributed by atoms with Gasteiger partial charge in [0.05, 0.1) is 0 Å². The van der Waals surface area contributed by atoms with E-state index in [1.54, 1.807) is 18.2 Å². The minimum atomic E-state index is -5.08. The van der Waals surface area contributed by atoms with Crippen LogP contribution in [0.5, 0.6) is 0 Å². The largest absolute Gasteiger partial charge is 0.490 e. The monoisotopic (exact) mass is 538 g/mol. The van der Waals surface area contributed by atoms with Crippen molar-refractivity contribution in [1.29, 1.82) is 0 Å². The van der Waals surface area contributed by atoms with E-state index in [2.05, 4.69) is 10.6 Å². The first-order chi connectivity index (χ1) is 17.9. The third-order valence-corrected chi connectivity index (χ3v) is 7.46. The molecule has 3 saturated heterocycles. The first-order valence-corrected chi connectivity index (χ1v) is 12.5. The highest BCUT2D eigenvalue weighted by Gasteiger charge is 2.41. The van der Waals surface area contributed by atoms with Crippen LogP contribution in [0.4, 0.5) is 13.2 Å². The summed E-state index contributed by atoms with van der Waals surface area (Å²) < 4.78 is 31.7. The summed E-state index contributed by atoms with van der Waals surface area (Å²) in [4.78, 5) is 62.2. The lowest BCUT2D eigenvalue weighted by molar-refractivity contribution is -0.192. The third-order valence-electron chi connectivity index (χ3n) is 7.46. The number of halogens is 3. The van der Waals surface area contributed by atoms with Crippen molar-refractivity contribution < 1.29 is 42.3 Å². The second-order valence-corrected chi connectivity index (χ2v) is 10.1. The number of hydrogen-bond donors (Lipinski definition) is 3. The van der Waals surface area contributed by atoms with Gasteiger partial charge >= 0.3 is 12.1 Å². The van der Waals surface area contributed by atoms with Gasteiger partial charge in [-0.1, -0.05) is 6.42 Å². The average Bonchev–Trinajstić information content (AvgIpc) is 3.19. The van der Waals surface area contributed by atoms with Crippen molar-refractivity contribution >= 4 is 29.6 Å². The highest BCUT2D eigenvalue weighted by atomic mass is 19.4. The van der Waals surface area contributed by atoms with E-state index in [1.807, 2.05) is 4.90 Å². The molecule has 0 aromatic heterocycles. The molecule has 10 nitrogen and oxygen atoms in total. The Balaban J connectivity index is 0.000000426. The number of likely N-dealkylation sites (tertiary alicyclic amines) is 1. The number of nitrogens with one attached hydrogen (secondary N) is 2. The molecule has 3 N–H and O–H groups in total.